The van der Waals surface area contributed by atoms with Gasteiger partial charge < -0.3 is 29.4 Å². The molecule has 0 bridgehead atoms. The molecular formula is C20H39NO6. The van der Waals surface area contributed by atoms with Crippen molar-refractivity contribution in [3.05, 3.63) is 0 Å². The Bertz CT molecular complexity index is 415. The van der Waals surface area contributed by atoms with Crippen molar-refractivity contribution in [1.29, 1.82) is 0 Å². The zero-order valence-corrected chi connectivity index (χ0v) is 17.8. The van der Waals surface area contributed by atoms with Crippen LogP contribution in [0.5, 0.6) is 0 Å². The van der Waals surface area contributed by atoms with Crippen LogP contribution in [0, 0.1) is 17.8 Å². The molecule has 0 saturated carbocycles. The molecule has 0 unspecified atom stereocenters. The Balaban J connectivity index is 2.98. The van der Waals surface area contributed by atoms with E-state index < -0.39 is 24.2 Å². The summed E-state index contributed by atoms with van der Waals surface area (Å²) >= 11 is 0. The second-order valence-electron chi connectivity index (χ2n) is 8.51. The third-order valence-corrected chi connectivity index (χ3v) is 3.88. The molecule has 0 aromatic heterocycles. The number of ether oxygens (including phenoxy) is 5. The van der Waals surface area contributed by atoms with Gasteiger partial charge in [-0.15, -0.1) is 0 Å². The van der Waals surface area contributed by atoms with Crippen molar-refractivity contribution in [2.75, 3.05) is 39.6 Å². The van der Waals surface area contributed by atoms with Crippen molar-refractivity contribution in [3.63, 3.8) is 0 Å². The number of carbonyl (C=O) groups is 1. The second kappa shape index (κ2) is 12.7. The second-order valence-corrected chi connectivity index (χ2v) is 8.51. The number of hydrogen-bond acceptors (Lipinski definition) is 7. The summed E-state index contributed by atoms with van der Waals surface area (Å²) in [4.78, 5) is 12.3. The molecule has 0 aliphatic carbocycles. The third-order valence-electron chi connectivity index (χ3n) is 3.88. The Hall–Kier alpha value is -0.730. The van der Waals surface area contributed by atoms with E-state index in [-0.39, 0.29) is 19.3 Å². The SMILES string of the molecule is CC(C)COC[C@H]1OC(=O)[C@@H](N)COC[C@H](OCC(C)C)[C@H]1OCC(C)C. The monoisotopic (exact) mass is 389 g/mol. The first-order valence-electron chi connectivity index (χ1n) is 10.0. The highest BCUT2D eigenvalue weighted by Crippen LogP contribution is 2.19. The molecule has 0 spiro atoms. The van der Waals surface area contributed by atoms with E-state index in [0.29, 0.717) is 44.2 Å². The standard InChI is InChI=1S/C20H39NO6/c1-13(2)7-23-12-18-19(26-9-15(5)6)17(25-8-14(3)4)11-24-10-16(21)20(22)27-18/h13-19H,7-12,21H2,1-6H3/t16-,17-,18+,19+/m0/s1. The van der Waals surface area contributed by atoms with Crippen LogP contribution in [0.25, 0.3) is 0 Å². The molecule has 0 radical (unpaired) electrons. The molecule has 160 valence electrons. The van der Waals surface area contributed by atoms with Gasteiger partial charge in [-0.05, 0) is 17.8 Å². The van der Waals surface area contributed by atoms with Gasteiger partial charge >= 0.3 is 5.97 Å². The van der Waals surface area contributed by atoms with E-state index >= 15 is 0 Å². The number of cyclic esters (lactones) is 1. The van der Waals surface area contributed by atoms with Gasteiger partial charge in [0.25, 0.3) is 0 Å². The van der Waals surface area contributed by atoms with Crippen molar-refractivity contribution in [1.82, 2.24) is 0 Å². The molecule has 7 heteroatoms. The van der Waals surface area contributed by atoms with Gasteiger partial charge in [0, 0.05) is 19.8 Å². The molecular weight excluding hydrogens is 350 g/mol. The molecule has 1 aliphatic heterocycles. The molecule has 0 aromatic rings. The van der Waals surface area contributed by atoms with E-state index in [1.165, 1.54) is 0 Å². The van der Waals surface area contributed by atoms with E-state index in [0.717, 1.165) is 0 Å². The minimum atomic E-state index is -0.827. The van der Waals surface area contributed by atoms with Gasteiger partial charge in [-0.3, -0.25) is 4.79 Å². The van der Waals surface area contributed by atoms with E-state index in [4.69, 9.17) is 29.4 Å². The normalized spacial score (nSPS) is 27.6. The van der Waals surface area contributed by atoms with Gasteiger partial charge in [0.1, 0.15) is 18.2 Å². The van der Waals surface area contributed by atoms with Crippen molar-refractivity contribution in [2.24, 2.45) is 23.5 Å². The minimum absolute atomic E-state index is 0.0941. The van der Waals surface area contributed by atoms with Gasteiger partial charge in [-0.2, -0.15) is 0 Å². The molecule has 1 rings (SSSR count). The Labute approximate surface area is 164 Å². The molecule has 0 amide bonds. The lowest BCUT2D eigenvalue weighted by atomic mass is 10.1. The van der Waals surface area contributed by atoms with Crippen LogP contribution in [0.1, 0.15) is 41.5 Å². The molecule has 1 fully saturated rings. The molecule has 1 aliphatic rings. The molecule has 1 saturated heterocycles. The third kappa shape index (κ3) is 9.85. The van der Waals surface area contributed by atoms with E-state index in [1.807, 2.05) is 0 Å². The topological polar surface area (TPSA) is 89.2 Å². The smallest absolute Gasteiger partial charge is 0.325 e. The van der Waals surface area contributed by atoms with Gasteiger partial charge in [0.2, 0.25) is 0 Å². The van der Waals surface area contributed by atoms with E-state index in [1.54, 1.807) is 0 Å². The lowest BCUT2D eigenvalue weighted by Crippen LogP contribution is -2.49. The van der Waals surface area contributed by atoms with Crippen LogP contribution >= 0.6 is 0 Å². The fourth-order valence-electron chi connectivity index (χ4n) is 2.54. The van der Waals surface area contributed by atoms with Gasteiger partial charge in [-0.25, -0.2) is 0 Å². The Kier molecular flexibility index (Phi) is 11.4. The summed E-state index contributed by atoms with van der Waals surface area (Å²) in [6, 6.07) is -0.827. The number of nitrogens with two attached hydrogens (primary N) is 1. The molecule has 7 nitrogen and oxygen atoms in total. The first kappa shape index (κ1) is 24.3. The maximum atomic E-state index is 12.3. The zero-order chi connectivity index (χ0) is 20.4. The van der Waals surface area contributed by atoms with E-state index in [2.05, 4.69) is 41.5 Å². The highest BCUT2D eigenvalue weighted by Gasteiger charge is 2.37. The van der Waals surface area contributed by atoms with Crippen LogP contribution in [-0.2, 0) is 28.5 Å². The average molecular weight is 390 g/mol. The molecule has 2 N–H and O–H groups in total. The van der Waals surface area contributed by atoms with Crippen molar-refractivity contribution < 1.29 is 28.5 Å². The molecule has 0 aromatic carbocycles. The Morgan fingerprint density at radius 3 is 2.15 bits per heavy atom. The predicted octanol–water partition coefficient (Wildman–Crippen LogP) is 2.01. The largest absolute Gasteiger partial charge is 0.456 e. The predicted molar refractivity (Wildman–Crippen MR) is 103 cm³/mol. The summed E-state index contributed by atoms with van der Waals surface area (Å²) in [5, 5.41) is 0. The maximum absolute atomic E-state index is 12.3. The van der Waals surface area contributed by atoms with Crippen LogP contribution in [0.4, 0.5) is 0 Å². The van der Waals surface area contributed by atoms with Gasteiger partial charge in [0.15, 0.2) is 6.10 Å². The van der Waals surface area contributed by atoms with E-state index in [9.17, 15) is 4.79 Å². The maximum Gasteiger partial charge on any atom is 0.325 e. The molecule has 1 heterocycles. The lowest BCUT2D eigenvalue weighted by Gasteiger charge is -2.33. The number of esters is 1. The average Bonchev–Trinajstić information content (AvgIpc) is 2.61. The first-order valence-corrected chi connectivity index (χ1v) is 10.0. The lowest BCUT2D eigenvalue weighted by molar-refractivity contribution is -0.181. The fourth-order valence-corrected chi connectivity index (χ4v) is 2.54. The van der Waals surface area contributed by atoms with Crippen molar-refractivity contribution >= 4 is 5.97 Å². The van der Waals surface area contributed by atoms with Crippen LogP contribution in [0.3, 0.4) is 0 Å². The quantitative estimate of drug-likeness (QED) is 0.572. The molecule has 27 heavy (non-hydrogen) atoms. The number of rotatable bonds is 10. The van der Waals surface area contributed by atoms with Crippen LogP contribution in [0.2, 0.25) is 0 Å². The summed E-state index contributed by atoms with van der Waals surface area (Å²) in [6.45, 7) is 14.7. The molecule has 4 atom stereocenters. The summed E-state index contributed by atoms with van der Waals surface area (Å²) in [5.41, 5.74) is 5.87. The summed E-state index contributed by atoms with van der Waals surface area (Å²) in [6.07, 6.45) is -1.44. The number of carbonyl (C=O) groups excluding carboxylic acids is 1. The van der Waals surface area contributed by atoms with Crippen LogP contribution in [0.15, 0.2) is 0 Å². The van der Waals surface area contributed by atoms with Crippen molar-refractivity contribution in [3.8, 4) is 0 Å². The zero-order valence-electron chi connectivity index (χ0n) is 17.8. The number of hydrogen-bond donors (Lipinski definition) is 1. The Morgan fingerprint density at radius 2 is 1.56 bits per heavy atom. The first-order chi connectivity index (χ1) is 12.7. The minimum Gasteiger partial charge on any atom is -0.456 e. The van der Waals surface area contributed by atoms with Crippen LogP contribution in [-0.4, -0.2) is 70.0 Å². The summed E-state index contributed by atoms with van der Waals surface area (Å²) in [7, 11) is 0. The Morgan fingerprint density at radius 1 is 0.963 bits per heavy atom. The highest BCUT2D eigenvalue weighted by molar-refractivity contribution is 5.75. The highest BCUT2D eigenvalue weighted by atomic mass is 16.6. The van der Waals surface area contributed by atoms with Crippen LogP contribution < -0.4 is 5.73 Å². The summed E-state index contributed by atoms with van der Waals surface area (Å²) < 4.78 is 29.3. The van der Waals surface area contributed by atoms with Crippen molar-refractivity contribution in [2.45, 2.75) is 65.9 Å². The van der Waals surface area contributed by atoms with Gasteiger partial charge in [0.05, 0.1) is 19.8 Å². The fraction of sp³-hybridized carbons (Fsp3) is 0.950. The van der Waals surface area contributed by atoms with Gasteiger partial charge in [-0.1, -0.05) is 41.5 Å². The summed E-state index contributed by atoms with van der Waals surface area (Å²) in [5.74, 6) is 0.574.